The first kappa shape index (κ1) is 46.5. The number of hydrogen-bond donors (Lipinski definition) is 0. The fourth-order valence-electron chi connectivity index (χ4n) is 6.52. The number of hydrogen-bond acceptors (Lipinski definition) is 2. The van der Waals surface area contributed by atoms with E-state index in [1.54, 1.807) is 0 Å². The molecule has 0 radical (unpaired) electrons. The third-order valence-corrected chi connectivity index (χ3v) is 9.97. The lowest BCUT2D eigenvalue weighted by atomic mass is 10.00. The number of aliphatic carboxylic acids is 1. The van der Waals surface area contributed by atoms with Crippen LogP contribution < -0.4 is 5.11 Å². The van der Waals surface area contributed by atoms with Crippen molar-refractivity contribution in [2.45, 2.75) is 233 Å². The van der Waals surface area contributed by atoms with Gasteiger partial charge in [0.1, 0.15) is 0 Å². The highest BCUT2D eigenvalue weighted by molar-refractivity contribution is 5.67. The normalized spacial score (nSPS) is 12.2. The zero-order valence-corrected chi connectivity index (χ0v) is 32.4. The van der Waals surface area contributed by atoms with Crippen LogP contribution in [0.25, 0.3) is 0 Å². The average Bonchev–Trinajstić information content (AvgIpc) is 3.02. The minimum absolute atomic E-state index is 0.222. The van der Waals surface area contributed by atoms with Crippen LogP contribution in [0.1, 0.15) is 233 Å². The van der Waals surface area contributed by atoms with E-state index in [2.05, 4.69) is 34.9 Å². The molecule has 0 spiro atoms. The van der Waals surface area contributed by atoms with Gasteiger partial charge in [-0.1, -0.05) is 195 Å². The van der Waals surface area contributed by atoms with Crippen LogP contribution in [0.2, 0.25) is 0 Å². The molecule has 3 heteroatoms. The summed E-state index contributed by atoms with van der Waals surface area (Å²) < 4.78 is 1.25. The van der Waals surface area contributed by atoms with Gasteiger partial charge in [0.05, 0.1) is 27.2 Å². The number of carboxylic acid groups (broad SMARTS) is 1. The Hall–Kier alpha value is -0.570. The minimum atomic E-state index is -0.893. The zero-order valence-electron chi connectivity index (χ0n) is 32.4. The smallest absolute Gasteiger partial charge is 0.0782 e. The van der Waals surface area contributed by atoms with Gasteiger partial charge in [-0.2, -0.15) is 0 Å². The number of carboxylic acids is 1. The lowest BCUT2D eigenvalue weighted by molar-refractivity contribution is -0.890. The van der Waals surface area contributed by atoms with Crippen LogP contribution in [0.5, 0.6) is 0 Å². The Morgan fingerprint density at radius 1 is 0.422 bits per heavy atom. The van der Waals surface area contributed by atoms with E-state index in [-0.39, 0.29) is 5.92 Å². The highest BCUT2D eigenvalue weighted by Crippen LogP contribution is 2.16. The zero-order chi connectivity index (χ0) is 33.7. The number of rotatable bonds is 35. The van der Waals surface area contributed by atoms with Crippen LogP contribution in [0.15, 0.2) is 0 Å². The molecule has 0 aliphatic rings. The molecule has 0 aliphatic carbocycles. The first-order chi connectivity index (χ1) is 21.8. The predicted octanol–water partition coefficient (Wildman–Crippen LogP) is 13.0. The Balaban J connectivity index is 0. The van der Waals surface area contributed by atoms with Crippen molar-refractivity contribution in [3.05, 3.63) is 0 Å². The number of nitrogens with zero attached hydrogens (tertiary/aromatic N) is 1. The Bertz CT molecular complexity index is 527. The number of quaternary nitrogens is 1. The molecular formula is C42H87NO2. The largest absolute Gasteiger partial charge is 0.550 e. The molecule has 1 atom stereocenters. The molecule has 0 amide bonds. The fourth-order valence-corrected chi connectivity index (χ4v) is 6.52. The standard InChI is InChI=1S/C34H72N.C8H16O2/c1-5-7-9-11-13-15-17-19-21-23-25-27-29-31-33-35(3,4)34-32-30-28-26-24-22-20-18-16-14-12-10-8-6-2;1-3-5-6-7(4-2)8(9)10/h5-34H2,1-4H3;7H,3-6H2,1-2H3,(H,9,10)/q+1;/p-1. The van der Waals surface area contributed by atoms with E-state index in [1.165, 1.54) is 197 Å². The second-order valence-electron chi connectivity index (χ2n) is 15.1. The summed E-state index contributed by atoms with van der Waals surface area (Å²) in [5.74, 6) is -1.11. The molecule has 0 fully saturated rings. The molecule has 1 unspecified atom stereocenters. The van der Waals surface area contributed by atoms with E-state index in [0.29, 0.717) is 6.42 Å². The molecule has 0 aliphatic heterocycles. The first-order valence-corrected chi connectivity index (χ1v) is 20.9. The molecule has 3 nitrogen and oxygen atoms in total. The lowest BCUT2D eigenvalue weighted by Gasteiger charge is -2.30. The van der Waals surface area contributed by atoms with Gasteiger partial charge < -0.3 is 14.4 Å². The maximum Gasteiger partial charge on any atom is 0.0782 e. The summed E-state index contributed by atoms with van der Waals surface area (Å²) in [5.41, 5.74) is 0. The molecule has 272 valence electrons. The lowest BCUT2D eigenvalue weighted by Crippen LogP contribution is -2.41. The van der Waals surface area contributed by atoms with E-state index < -0.39 is 5.97 Å². The van der Waals surface area contributed by atoms with E-state index in [0.717, 1.165) is 19.3 Å². The summed E-state index contributed by atoms with van der Waals surface area (Å²) in [4.78, 5) is 10.3. The Kier molecular flexibility index (Phi) is 39.2. The molecule has 0 saturated carbocycles. The van der Waals surface area contributed by atoms with E-state index in [4.69, 9.17) is 0 Å². The molecule has 45 heavy (non-hydrogen) atoms. The van der Waals surface area contributed by atoms with Crippen molar-refractivity contribution < 1.29 is 14.4 Å². The van der Waals surface area contributed by atoms with E-state index in [9.17, 15) is 9.90 Å². The van der Waals surface area contributed by atoms with Crippen molar-refractivity contribution in [1.29, 1.82) is 0 Å². The Labute approximate surface area is 286 Å². The van der Waals surface area contributed by atoms with Crippen molar-refractivity contribution in [2.75, 3.05) is 27.2 Å². The van der Waals surface area contributed by atoms with E-state index >= 15 is 0 Å². The van der Waals surface area contributed by atoms with Crippen LogP contribution >= 0.6 is 0 Å². The van der Waals surface area contributed by atoms with Crippen LogP contribution in [0, 0.1) is 5.92 Å². The molecule has 0 aromatic rings. The minimum Gasteiger partial charge on any atom is -0.550 e. The second-order valence-corrected chi connectivity index (χ2v) is 15.1. The van der Waals surface area contributed by atoms with Crippen molar-refractivity contribution in [1.82, 2.24) is 0 Å². The fraction of sp³-hybridized carbons (Fsp3) is 0.976. The van der Waals surface area contributed by atoms with Crippen LogP contribution in [0.3, 0.4) is 0 Å². The van der Waals surface area contributed by atoms with Crippen LogP contribution in [-0.2, 0) is 4.79 Å². The maximum absolute atomic E-state index is 10.3. The quantitative estimate of drug-likeness (QED) is 0.0512. The molecule has 0 saturated heterocycles. The predicted molar refractivity (Wildman–Crippen MR) is 201 cm³/mol. The van der Waals surface area contributed by atoms with Crippen molar-refractivity contribution >= 4 is 5.97 Å². The maximum atomic E-state index is 10.3. The molecule has 0 bridgehead atoms. The summed E-state index contributed by atoms with van der Waals surface area (Å²) in [6.45, 7) is 11.3. The molecule has 0 aromatic heterocycles. The van der Waals surface area contributed by atoms with Crippen LogP contribution in [0.4, 0.5) is 0 Å². The SMILES string of the molecule is CCCCC(CC)C(=O)[O-].CCCCCCCCCCCCCCCC[N+](C)(C)CCCCCCCCCCCCCCCC. The van der Waals surface area contributed by atoms with Gasteiger partial charge >= 0.3 is 0 Å². The highest BCUT2D eigenvalue weighted by Gasteiger charge is 2.13. The monoisotopic (exact) mass is 638 g/mol. The molecule has 0 aromatic carbocycles. The third-order valence-electron chi connectivity index (χ3n) is 9.97. The second kappa shape index (κ2) is 37.9. The number of carbonyl (C=O) groups is 1. The average molecular weight is 638 g/mol. The van der Waals surface area contributed by atoms with Gasteiger partial charge in [0.2, 0.25) is 0 Å². The summed E-state index contributed by atoms with van der Waals surface area (Å²) in [7, 11) is 4.93. The van der Waals surface area contributed by atoms with Crippen molar-refractivity contribution in [3.63, 3.8) is 0 Å². The Morgan fingerprint density at radius 2 is 0.667 bits per heavy atom. The molecule has 0 N–H and O–H groups in total. The third kappa shape index (κ3) is 39.5. The first-order valence-electron chi connectivity index (χ1n) is 20.9. The number of unbranched alkanes of at least 4 members (excludes halogenated alkanes) is 27. The van der Waals surface area contributed by atoms with Gasteiger partial charge in [0.15, 0.2) is 0 Å². The summed E-state index contributed by atoms with van der Waals surface area (Å²) in [6, 6.07) is 0. The van der Waals surface area contributed by atoms with Crippen molar-refractivity contribution in [3.8, 4) is 0 Å². The van der Waals surface area contributed by atoms with Gasteiger partial charge in [-0.15, -0.1) is 0 Å². The summed E-state index contributed by atoms with van der Waals surface area (Å²) in [6.07, 6.45) is 44.5. The number of carbonyl (C=O) groups excluding carboxylic acids is 1. The molecule has 0 rings (SSSR count). The van der Waals surface area contributed by atoms with Crippen LogP contribution in [-0.4, -0.2) is 37.6 Å². The summed E-state index contributed by atoms with van der Waals surface area (Å²) >= 11 is 0. The van der Waals surface area contributed by atoms with Gasteiger partial charge in [0.25, 0.3) is 0 Å². The van der Waals surface area contributed by atoms with Gasteiger partial charge in [-0.25, -0.2) is 0 Å². The Morgan fingerprint density at radius 3 is 0.889 bits per heavy atom. The van der Waals surface area contributed by atoms with Gasteiger partial charge in [0, 0.05) is 5.97 Å². The van der Waals surface area contributed by atoms with Gasteiger partial charge in [-0.05, 0) is 44.4 Å². The molecule has 0 heterocycles. The highest BCUT2D eigenvalue weighted by atomic mass is 16.4. The van der Waals surface area contributed by atoms with E-state index in [1.807, 2.05) is 6.92 Å². The van der Waals surface area contributed by atoms with Crippen molar-refractivity contribution in [2.24, 2.45) is 5.92 Å². The van der Waals surface area contributed by atoms with Gasteiger partial charge in [-0.3, -0.25) is 0 Å². The topological polar surface area (TPSA) is 40.1 Å². The summed E-state index contributed by atoms with van der Waals surface area (Å²) in [5, 5.41) is 10.3. The molecular weight excluding hydrogens is 550 g/mol.